The molecule has 0 aliphatic carbocycles. The van der Waals surface area contributed by atoms with Crippen molar-refractivity contribution >= 4 is 34.5 Å². The molecule has 0 spiro atoms. The topological polar surface area (TPSA) is 78.1 Å². The smallest absolute Gasteiger partial charge is 0.282 e. The van der Waals surface area contributed by atoms with Gasteiger partial charge in [-0.2, -0.15) is 5.26 Å². The van der Waals surface area contributed by atoms with Gasteiger partial charge in [-0.3, -0.25) is 15.0 Å². The lowest BCUT2D eigenvalue weighted by Crippen LogP contribution is -2.35. The summed E-state index contributed by atoms with van der Waals surface area (Å²) in [6.45, 7) is 2.48. The van der Waals surface area contributed by atoms with Gasteiger partial charge in [-0.15, -0.1) is 0 Å². The normalized spacial score (nSPS) is 14.7. The Morgan fingerprint density at radius 1 is 0.939 bits per heavy atom. The fraction of sp³-hybridized carbons (Fsp3) is 0.0741. The summed E-state index contributed by atoms with van der Waals surface area (Å²) in [4.78, 5) is 25.8. The lowest BCUT2D eigenvalue weighted by molar-refractivity contribution is -0.117. The second-order valence-electron chi connectivity index (χ2n) is 7.85. The van der Waals surface area contributed by atoms with Crippen LogP contribution >= 0.6 is 0 Å². The molecule has 1 aliphatic rings. The fourth-order valence-corrected chi connectivity index (χ4v) is 4.24. The van der Waals surface area contributed by atoms with Crippen LogP contribution in [0.3, 0.4) is 0 Å². The zero-order valence-corrected chi connectivity index (χ0v) is 17.9. The first-order valence-corrected chi connectivity index (χ1v) is 10.6. The highest BCUT2D eigenvalue weighted by atomic mass is 16.2. The summed E-state index contributed by atoms with van der Waals surface area (Å²) in [5, 5.41) is 11.7. The number of carbonyl (C=O) groups is 2. The van der Waals surface area contributed by atoms with E-state index in [9.17, 15) is 14.9 Å². The molecule has 33 heavy (non-hydrogen) atoms. The maximum absolute atomic E-state index is 13.1. The van der Waals surface area contributed by atoms with E-state index in [0.29, 0.717) is 17.8 Å². The molecule has 4 aromatic rings. The molecule has 1 aliphatic heterocycles. The predicted molar refractivity (Wildman–Crippen MR) is 127 cm³/mol. The van der Waals surface area contributed by atoms with Crippen LogP contribution in [0.5, 0.6) is 0 Å². The Kier molecular flexibility index (Phi) is 5.00. The predicted octanol–water partition coefficient (Wildman–Crippen LogP) is 4.33. The van der Waals surface area contributed by atoms with Gasteiger partial charge in [0.1, 0.15) is 5.57 Å². The number of benzene rings is 3. The summed E-state index contributed by atoms with van der Waals surface area (Å²) in [5.74, 6) is -0.827. The van der Waals surface area contributed by atoms with Crippen molar-refractivity contribution in [3.05, 3.63) is 107 Å². The molecule has 0 bridgehead atoms. The lowest BCUT2D eigenvalue weighted by Gasteiger charge is -2.13. The molecular weight excluding hydrogens is 412 g/mol. The summed E-state index contributed by atoms with van der Waals surface area (Å²) in [5.41, 5.74) is 7.57. The highest BCUT2D eigenvalue weighted by Crippen LogP contribution is 2.30. The second kappa shape index (κ2) is 8.13. The number of para-hydroxylation sites is 2. The number of anilines is 1. The van der Waals surface area contributed by atoms with Gasteiger partial charge >= 0.3 is 0 Å². The molecule has 2 heterocycles. The maximum atomic E-state index is 13.1. The largest absolute Gasteiger partial charge is 0.340 e. The van der Waals surface area contributed by atoms with Crippen LogP contribution in [-0.4, -0.2) is 16.4 Å². The minimum absolute atomic E-state index is 0.0854. The van der Waals surface area contributed by atoms with Crippen LogP contribution in [0.1, 0.15) is 22.4 Å². The van der Waals surface area contributed by atoms with E-state index in [4.69, 9.17) is 0 Å². The Morgan fingerprint density at radius 2 is 1.64 bits per heavy atom. The third kappa shape index (κ3) is 3.46. The highest BCUT2D eigenvalue weighted by Gasteiger charge is 2.34. The van der Waals surface area contributed by atoms with Crippen molar-refractivity contribution in [1.82, 2.24) is 9.99 Å². The van der Waals surface area contributed by atoms with E-state index in [1.807, 2.05) is 67.6 Å². The Bertz CT molecular complexity index is 1480. The van der Waals surface area contributed by atoms with Crippen LogP contribution in [0.2, 0.25) is 0 Å². The summed E-state index contributed by atoms with van der Waals surface area (Å²) in [6.07, 6.45) is 1.67. The van der Waals surface area contributed by atoms with Crippen LogP contribution in [-0.2, 0) is 16.1 Å². The number of amides is 2. The zero-order valence-electron chi connectivity index (χ0n) is 17.9. The zero-order chi connectivity index (χ0) is 22.9. The highest BCUT2D eigenvalue weighted by molar-refractivity contribution is 6.32. The molecule has 0 radical (unpaired) electrons. The van der Waals surface area contributed by atoms with Crippen LogP contribution in [0.15, 0.2) is 84.4 Å². The molecule has 6 heteroatoms. The number of fused-ring (bicyclic) bond motifs is 1. The van der Waals surface area contributed by atoms with Crippen LogP contribution in [0.25, 0.3) is 17.0 Å². The Balaban J connectivity index is 1.60. The number of rotatable bonds is 4. The van der Waals surface area contributed by atoms with Gasteiger partial charge in [0.05, 0.1) is 17.3 Å². The van der Waals surface area contributed by atoms with Crippen molar-refractivity contribution in [2.24, 2.45) is 0 Å². The van der Waals surface area contributed by atoms with Gasteiger partial charge < -0.3 is 4.57 Å². The van der Waals surface area contributed by atoms with Crippen molar-refractivity contribution in [3.63, 3.8) is 0 Å². The third-order valence-electron chi connectivity index (χ3n) is 5.94. The lowest BCUT2D eigenvalue weighted by atomic mass is 10.1. The number of hydrogen-bond donors (Lipinski definition) is 1. The van der Waals surface area contributed by atoms with Gasteiger partial charge in [0, 0.05) is 28.7 Å². The molecule has 0 saturated carbocycles. The molecule has 0 atom stereocenters. The van der Waals surface area contributed by atoms with Crippen molar-refractivity contribution < 1.29 is 9.59 Å². The minimum atomic E-state index is -0.435. The van der Waals surface area contributed by atoms with E-state index < -0.39 is 11.8 Å². The number of nitriles is 1. The first-order valence-electron chi connectivity index (χ1n) is 10.6. The van der Waals surface area contributed by atoms with E-state index in [2.05, 4.69) is 16.1 Å². The Hall–Kier alpha value is -4.63. The molecule has 6 nitrogen and oxygen atoms in total. The van der Waals surface area contributed by atoms with Gasteiger partial charge in [0.2, 0.25) is 0 Å². The second-order valence-corrected chi connectivity index (χ2v) is 7.85. The van der Waals surface area contributed by atoms with Gasteiger partial charge in [-0.25, -0.2) is 5.01 Å². The third-order valence-corrected chi connectivity index (χ3v) is 5.94. The standard InChI is InChI=1S/C27H20N4O2/c1-18-23(15-24-26(32)29-31(27(24)33)21-11-3-2-4-12-21)22-13-7-8-14-25(22)30(18)17-20-10-6-5-9-19(20)16-28/h2-15H,17H2,1H3,(H,29,32)/b24-15-. The van der Waals surface area contributed by atoms with Gasteiger partial charge in [-0.1, -0.05) is 54.6 Å². The molecule has 3 aromatic carbocycles. The van der Waals surface area contributed by atoms with Crippen LogP contribution in [0.4, 0.5) is 5.69 Å². The summed E-state index contributed by atoms with van der Waals surface area (Å²) >= 11 is 0. The number of nitrogens with one attached hydrogen (secondary N) is 1. The summed E-state index contributed by atoms with van der Waals surface area (Å²) in [7, 11) is 0. The quantitative estimate of drug-likeness (QED) is 0.385. The monoisotopic (exact) mass is 432 g/mol. The molecule has 1 N–H and O–H groups in total. The van der Waals surface area contributed by atoms with Gasteiger partial charge in [-0.05, 0) is 42.8 Å². The molecule has 5 rings (SSSR count). The van der Waals surface area contributed by atoms with E-state index in [0.717, 1.165) is 27.7 Å². The van der Waals surface area contributed by atoms with Crippen molar-refractivity contribution in [2.75, 3.05) is 5.01 Å². The average molecular weight is 432 g/mol. The molecule has 1 fully saturated rings. The van der Waals surface area contributed by atoms with Crippen molar-refractivity contribution in [1.29, 1.82) is 5.26 Å². The molecular formula is C27H20N4O2. The van der Waals surface area contributed by atoms with Crippen molar-refractivity contribution in [2.45, 2.75) is 13.5 Å². The van der Waals surface area contributed by atoms with E-state index in [-0.39, 0.29) is 5.57 Å². The van der Waals surface area contributed by atoms with E-state index in [1.165, 1.54) is 5.01 Å². The number of hydrogen-bond acceptors (Lipinski definition) is 3. The number of nitrogens with zero attached hydrogens (tertiary/aromatic N) is 3. The van der Waals surface area contributed by atoms with Gasteiger partial charge in [0.25, 0.3) is 11.8 Å². The maximum Gasteiger partial charge on any atom is 0.282 e. The SMILES string of the molecule is Cc1c(/C=C2/C(=O)NN(c3ccccc3)C2=O)c2ccccc2n1Cc1ccccc1C#N. The number of hydrazine groups is 1. The van der Waals surface area contributed by atoms with Crippen LogP contribution < -0.4 is 10.4 Å². The van der Waals surface area contributed by atoms with Crippen molar-refractivity contribution in [3.8, 4) is 6.07 Å². The molecule has 160 valence electrons. The van der Waals surface area contributed by atoms with Crippen LogP contribution in [0, 0.1) is 18.3 Å². The molecule has 2 amide bonds. The van der Waals surface area contributed by atoms with E-state index >= 15 is 0 Å². The number of aromatic nitrogens is 1. The molecule has 0 unspecified atom stereocenters. The first kappa shape index (κ1) is 20.3. The Morgan fingerprint density at radius 3 is 2.42 bits per heavy atom. The first-order chi connectivity index (χ1) is 16.1. The molecule has 1 aromatic heterocycles. The summed E-state index contributed by atoms with van der Waals surface area (Å²) in [6, 6.07) is 26.7. The fourth-order valence-electron chi connectivity index (χ4n) is 4.24. The summed E-state index contributed by atoms with van der Waals surface area (Å²) < 4.78 is 2.12. The minimum Gasteiger partial charge on any atom is -0.340 e. The Labute approximate surface area is 191 Å². The average Bonchev–Trinajstić information content (AvgIpc) is 3.28. The van der Waals surface area contributed by atoms with E-state index in [1.54, 1.807) is 24.3 Å². The molecule has 1 saturated heterocycles. The number of carbonyl (C=O) groups excluding carboxylic acids is 2. The van der Waals surface area contributed by atoms with Gasteiger partial charge in [0.15, 0.2) is 0 Å².